The van der Waals surface area contributed by atoms with Gasteiger partial charge in [0.05, 0.1) is 22.9 Å². The molecule has 3 heterocycles. The first-order chi connectivity index (χ1) is 18.7. The Morgan fingerprint density at radius 2 is 1.77 bits per heavy atom. The molecule has 3 N–H and O–H groups in total. The number of benzene rings is 2. The average molecular weight is 518 g/mol. The van der Waals surface area contributed by atoms with Crippen molar-refractivity contribution in [1.29, 1.82) is 0 Å². The van der Waals surface area contributed by atoms with Crippen molar-refractivity contribution in [3.63, 3.8) is 0 Å². The van der Waals surface area contributed by atoms with Crippen LogP contribution in [-0.2, 0) is 0 Å². The average Bonchev–Trinajstić information content (AvgIpc) is 3.54. The predicted molar refractivity (Wildman–Crippen MR) is 160 cm³/mol. The van der Waals surface area contributed by atoms with Crippen LogP contribution in [-0.4, -0.2) is 20.2 Å². The van der Waals surface area contributed by atoms with E-state index in [0.29, 0.717) is 0 Å². The second-order valence-corrected chi connectivity index (χ2v) is 10.6. The number of allylic oxidation sites excluding steroid dienone is 5. The zero-order valence-electron chi connectivity index (χ0n) is 22.7. The molecule has 0 aliphatic carbocycles. The van der Waals surface area contributed by atoms with E-state index in [4.69, 9.17) is 0 Å². The molecule has 5 aromatic rings. The van der Waals surface area contributed by atoms with Gasteiger partial charge in [-0.05, 0) is 66.1 Å². The van der Waals surface area contributed by atoms with Crippen molar-refractivity contribution >= 4 is 27.4 Å². The van der Waals surface area contributed by atoms with Crippen LogP contribution in [0.3, 0.4) is 0 Å². The van der Waals surface area contributed by atoms with Gasteiger partial charge in [-0.2, -0.15) is 5.10 Å². The lowest BCUT2D eigenvalue weighted by molar-refractivity contribution is 0.478. The van der Waals surface area contributed by atoms with Crippen LogP contribution < -0.4 is 5.32 Å². The maximum absolute atomic E-state index is 13.5. The minimum atomic E-state index is -0.266. The van der Waals surface area contributed by atoms with E-state index in [1.165, 1.54) is 12.1 Å². The standard InChI is InChI=1S/C33H32FN5/c1-7-21(15-25(8-2)36-20(3)33(4,5)6)23-11-14-29-27(16-23)32(39-38-29)30-17-26-28(18-35-19-31(26)37-30)22-9-12-24(34)13-10-22/h7-19,36-37H,2-3H2,1,4-6H3,(H,38,39)/b21-7+,25-15+. The van der Waals surface area contributed by atoms with Gasteiger partial charge in [-0.1, -0.05) is 58.2 Å². The number of H-pyrrole nitrogens is 2. The number of aromatic amines is 2. The summed E-state index contributed by atoms with van der Waals surface area (Å²) in [7, 11) is 0. The van der Waals surface area contributed by atoms with Gasteiger partial charge in [0.2, 0.25) is 0 Å². The van der Waals surface area contributed by atoms with E-state index in [2.05, 4.69) is 89.8 Å². The fourth-order valence-corrected chi connectivity index (χ4v) is 4.45. The van der Waals surface area contributed by atoms with Crippen molar-refractivity contribution in [2.45, 2.75) is 27.7 Å². The smallest absolute Gasteiger partial charge is 0.123 e. The summed E-state index contributed by atoms with van der Waals surface area (Å²) in [5, 5.41) is 13.2. The van der Waals surface area contributed by atoms with Crippen molar-refractivity contribution in [2.24, 2.45) is 5.41 Å². The summed E-state index contributed by atoms with van der Waals surface area (Å²) in [6.45, 7) is 16.6. The Bertz CT molecular complexity index is 1760. The van der Waals surface area contributed by atoms with Gasteiger partial charge in [-0.3, -0.25) is 10.1 Å². The maximum Gasteiger partial charge on any atom is 0.123 e. The molecule has 39 heavy (non-hydrogen) atoms. The molecular formula is C33H32FN5. The van der Waals surface area contributed by atoms with Crippen LogP contribution in [0.25, 0.3) is 49.9 Å². The van der Waals surface area contributed by atoms with Crippen LogP contribution in [0, 0.1) is 11.2 Å². The van der Waals surface area contributed by atoms with Gasteiger partial charge in [-0.15, -0.1) is 0 Å². The molecule has 5 rings (SSSR count). The van der Waals surface area contributed by atoms with E-state index >= 15 is 0 Å². The monoisotopic (exact) mass is 517 g/mol. The van der Waals surface area contributed by atoms with Crippen molar-refractivity contribution in [3.05, 3.63) is 115 Å². The lowest BCUT2D eigenvalue weighted by Gasteiger charge is -2.24. The number of halogens is 1. The SMILES string of the molecule is C=C/C(=C\C(=C/C)c1ccc2[nH]nc(-c3cc4c(-c5ccc(F)cc5)cncc4[nH]3)c2c1)NC(=C)C(C)(C)C. The number of nitrogens with zero attached hydrogens (tertiary/aromatic N) is 2. The van der Waals surface area contributed by atoms with E-state index in [0.717, 1.165) is 66.9 Å². The number of aromatic nitrogens is 4. The van der Waals surface area contributed by atoms with Crippen molar-refractivity contribution in [2.75, 3.05) is 0 Å². The Hall–Kier alpha value is -4.71. The highest BCUT2D eigenvalue weighted by Gasteiger charge is 2.17. The van der Waals surface area contributed by atoms with Crippen LogP contribution in [0.5, 0.6) is 0 Å². The zero-order valence-corrected chi connectivity index (χ0v) is 22.7. The van der Waals surface area contributed by atoms with Gasteiger partial charge in [0.15, 0.2) is 0 Å². The van der Waals surface area contributed by atoms with Gasteiger partial charge >= 0.3 is 0 Å². The summed E-state index contributed by atoms with van der Waals surface area (Å²) >= 11 is 0. The van der Waals surface area contributed by atoms with E-state index in [-0.39, 0.29) is 11.2 Å². The molecule has 196 valence electrons. The largest absolute Gasteiger partial charge is 0.359 e. The van der Waals surface area contributed by atoms with Crippen LogP contribution >= 0.6 is 0 Å². The van der Waals surface area contributed by atoms with E-state index in [1.54, 1.807) is 30.6 Å². The van der Waals surface area contributed by atoms with Gasteiger partial charge in [0.1, 0.15) is 11.5 Å². The van der Waals surface area contributed by atoms with Gasteiger partial charge in [0, 0.05) is 39.3 Å². The first-order valence-corrected chi connectivity index (χ1v) is 12.9. The third-order valence-corrected chi connectivity index (χ3v) is 6.89. The van der Waals surface area contributed by atoms with Crippen molar-refractivity contribution in [3.8, 4) is 22.5 Å². The number of pyridine rings is 1. The molecule has 0 unspecified atom stereocenters. The summed E-state index contributed by atoms with van der Waals surface area (Å²) < 4.78 is 13.5. The molecule has 5 nitrogen and oxygen atoms in total. The van der Waals surface area contributed by atoms with E-state index in [9.17, 15) is 4.39 Å². The quantitative estimate of drug-likeness (QED) is 0.190. The molecule has 0 radical (unpaired) electrons. The van der Waals surface area contributed by atoms with Crippen LogP contribution in [0.2, 0.25) is 0 Å². The predicted octanol–water partition coefficient (Wildman–Crippen LogP) is 8.53. The third-order valence-electron chi connectivity index (χ3n) is 6.89. The highest BCUT2D eigenvalue weighted by atomic mass is 19.1. The molecule has 0 saturated heterocycles. The second kappa shape index (κ2) is 10.2. The Kier molecular flexibility index (Phi) is 6.79. The van der Waals surface area contributed by atoms with Gasteiger partial charge < -0.3 is 10.3 Å². The Balaban J connectivity index is 1.54. The fourth-order valence-electron chi connectivity index (χ4n) is 4.45. The van der Waals surface area contributed by atoms with Crippen molar-refractivity contribution < 1.29 is 4.39 Å². The third kappa shape index (κ3) is 5.18. The van der Waals surface area contributed by atoms with Gasteiger partial charge in [-0.25, -0.2) is 4.39 Å². The topological polar surface area (TPSA) is 69.4 Å². The van der Waals surface area contributed by atoms with E-state index < -0.39 is 0 Å². The van der Waals surface area contributed by atoms with Gasteiger partial charge in [0.25, 0.3) is 0 Å². The second-order valence-electron chi connectivity index (χ2n) is 10.6. The molecule has 2 aromatic carbocycles. The number of rotatable bonds is 7. The molecule has 0 spiro atoms. The van der Waals surface area contributed by atoms with E-state index in [1.807, 2.05) is 13.0 Å². The first kappa shape index (κ1) is 25.9. The molecule has 0 fully saturated rings. The van der Waals surface area contributed by atoms with Crippen LogP contribution in [0.1, 0.15) is 33.3 Å². The molecule has 0 amide bonds. The number of nitrogens with one attached hydrogen (secondary N) is 3. The number of fused-ring (bicyclic) bond motifs is 2. The number of hydrogen-bond acceptors (Lipinski definition) is 3. The lowest BCUT2D eigenvalue weighted by atomic mass is 9.92. The maximum atomic E-state index is 13.5. The molecule has 6 heteroatoms. The fraction of sp³-hybridized carbons (Fsp3) is 0.152. The molecule has 0 saturated carbocycles. The zero-order chi connectivity index (χ0) is 27.7. The highest BCUT2D eigenvalue weighted by molar-refractivity contribution is 6.01. The first-order valence-electron chi connectivity index (χ1n) is 12.9. The Morgan fingerprint density at radius 3 is 2.46 bits per heavy atom. The molecule has 0 bridgehead atoms. The van der Waals surface area contributed by atoms with Crippen molar-refractivity contribution in [1.82, 2.24) is 25.5 Å². The molecular weight excluding hydrogens is 485 g/mol. The lowest BCUT2D eigenvalue weighted by Crippen LogP contribution is -2.22. The molecule has 3 aromatic heterocycles. The molecule has 0 aliphatic heterocycles. The summed E-state index contributed by atoms with van der Waals surface area (Å²) in [4.78, 5) is 7.87. The minimum absolute atomic E-state index is 0.0749. The summed E-state index contributed by atoms with van der Waals surface area (Å²) in [6.07, 6.45) is 9.56. The van der Waals surface area contributed by atoms with Crippen LogP contribution in [0.4, 0.5) is 4.39 Å². The summed E-state index contributed by atoms with van der Waals surface area (Å²) in [6, 6.07) is 14.8. The number of hydrogen-bond donors (Lipinski definition) is 3. The van der Waals surface area contributed by atoms with Crippen LogP contribution in [0.15, 0.2) is 104 Å². The minimum Gasteiger partial charge on any atom is -0.359 e. The Labute approximate surface area is 227 Å². The Morgan fingerprint density at radius 1 is 1.00 bits per heavy atom. The molecule has 0 atom stereocenters. The summed E-state index contributed by atoms with van der Waals surface area (Å²) in [5.41, 5.74) is 9.17. The normalized spacial score (nSPS) is 12.7. The highest BCUT2D eigenvalue weighted by Crippen LogP contribution is 2.34. The summed E-state index contributed by atoms with van der Waals surface area (Å²) in [5.74, 6) is -0.266. The molecule has 0 aliphatic rings.